The van der Waals surface area contributed by atoms with Crippen molar-refractivity contribution in [2.24, 2.45) is 5.84 Å². The lowest BCUT2D eigenvalue weighted by Gasteiger charge is -2.38. The number of carbonyl (C=O) groups is 1. The van der Waals surface area contributed by atoms with Crippen LogP contribution in [0, 0.1) is 0 Å². The van der Waals surface area contributed by atoms with Crippen LogP contribution in [0.2, 0.25) is 0 Å². The van der Waals surface area contributed by atoms with Crippen LogP contribution in [-0.4, -0.2) is 85.1 Å². The summed E-state index contributed by atoms with van der Waals surface area (Å²) in [5.74, 6) is 5.67. The zero-order valence-corrected chi connectivity index (χ0v) is 11.9. The molecule has 0 aromatic heterocycles. The number of hydrogen-bond donors (Lipinski definition) is 1. The van der Waals surface area contributed by atoms with Crippen LogP contribution < -0.4 is 5.84 Å². The van der Waals surface area contributed by atoms with Gasteiger partial charge in [0.25, 0.3) is 0 Å². The van der Waals surface area contributed by atoms with Crippen LogP contribution in [0.3, 0.4) is 0 Å². The van der Waals surface area contributed by atoms with Gasteiger partial charge in [0.15, 0.2) is 0 Å². The third-order valence-electron chi connectivity index (χ3n) is 3.36. The molecule has 2 amide bonds. The van der Waals surface area contributed by atoms with Crippen molar-refractivity contribution >= 4 is 6.03 Å². The molecule has 2 rings (SSSR count). The zero-order valence-electron chi connectivity index (χ0n) is 11.9. The van der Waals surface area contributed by atoms with Crippen molar-refractivity contribution in [1.29, 1.82) is 0 Å². The first-order chi connectivity index (χ1) is 8.66. The second kappa shape index (κ2) is 7.56. The highest BCUT2D eigenvalue weighted by Crippen LogP contribution is 2.06. The molecule has 0 aromatic carbocycles. The number of piperazine rings is 2. The first-order valence-corrected chi connectivity index (χ1v) is 6.89. The number of hydrazine groups is 1. The molecule has 2 saturated heterocycles. The highest BCUT2D eigenvalue weighted by molar-refractivity contribution is 5.74. The van der Waals surface area contributed by atoms with E-state index >= 15 is 0 Å². The van der Waals surface area contributed by atoms with Gasteiger partial charge >= 0.3 is 6.03 Å². The first-order valence-electron chi connectivity index (χ1n) is 6.89. The molecular weight excluding hydrogens is 230 g/mol. The summed E-state index contributed by atoms with van der Waals surface area (Å²) >= 11 is 0. The van der Waals surface area contributed by atoms with E-state index in [1.165, 1.54) is 0 Å². The molecule has 6 heteroatoms. The van der Waals surface area contributed by atoms with E-state index in [-0.39, 0.29) is 6.03 Å². The SMILES string of the molecule is CC.CN1CCN(C(=O)N2CCN(N)CC2)CC1. The Kier molecular flexibility index (Phi) is 6.38. The van der Waals surface area contributed by atoms with Crippen molar-refractivity contribution < 1.29 is 4.79 Å². The van der Waals surface area contributed by atoms with Crippen molar-refractivity contribution in [3.63, 3.8) is 0 Å². The van der Waals surface area contributed by atoms with E-state index < -0.39 is 0 Å². The van der Waals surface area contributed by atoms with Gasteiger partial charge in [-0.25, -0.2) is 9.80 Å². The Hall–Kier alpha value is -0.850. The molecule has 2 N–H and O–H groups in total. The Balaban J connectivity index is 0.000000771. The van der Waals surface area contributed by atoms with Crippen LogP contribution in [0.5, 0.6) is 0 Å². The molecule has 0 radical (unpaired) electrons. The minimum atomic E-state index is 0.182. The van der Waals surface area contributed by atoms with E-state index in [4.69, 9.17) is 5.84 Å². The molecule has 0 unspecified atom stereocenters. The monoisotopic (exact) mass is 257 g/mol. The highest BCUT2D eigenvalue weighted by Gasteiger charge is 2.26. The maximum absolute atomic E-state index is 12.1. The molecule has 2 heterocycles. The van der Waals surface area contributed by atoms with Gasteiger partial charge in [-0.3, -0.25) is 5.84 Å². The van der Waals surface area contributed by atoms with Gasteiger partial charge in [-0.05, 0) is 7.05 Å². The fraction of sp³-hybridized carbons (Fsp3) is 0.917. The summed E-state index contributed by atoms with van der Waals surface area (Å²) in [6.07, 6.45) is 0. The largest absolute Gasteiger partial charge is 0.322 e. The number of nitrogens with zero attached hydrogens (tertiary/aromatic N) is 4. The zero-order chi connectivity index (χ0) is 13.5. The second-order valence-corrected chi connectivity index (χ2v) is 4.60. The number of rotatable bonds is 0. The number of nitrogens with two attached hydrogens (primary N) is 1. The number of urea groups is 1. The molecule has 0 bridgehead atoms. The number of amides is 2. The lowest BCUT2D eigenvalue weighted by molar-refractivity contribution is 0.0960. The predicted molar refractivity (Wildman–Crippen MR) is 73.1 cm³/mol. The van der Waals surface area contributed by atoms with Crippen molar-refractivity contribution in [2.45, 2.75) is 13.8 Å². The van der Waals surface area contributed by atoms with Crippen molar-refractivity contribution in [2.75, 3.05) is 59.4 Å². The summed E-state index contributed by atoms with van der Waals surface area (Å²) in [7, 11) is 2.09. The van der Waals surface area contributed by atoms with Gasteiger partial charge in [0.2, 0.25) is 0 Å². The average Bonchev–Trinajstić information content (AvgIpc) is 2.42. The maximum Gasteiger partial charge on any atom is 0.320 e. The quantitative estimate of drug-likeness (QED) is 0.614. The van der Waals surface area contributed by atoms with Gasteiger partial charge in [-0.1, -0.05) is 13.8 Å². The summed E-state index contributed by atoms with van der Waals surface area (Å²) in [5, 5.41) is 1.77. The Bertz CT molecular complexity index is 221. The van der Waals surface area contributed by atoms with Gasteiger partial charge in [-0.15, -0.1) is 0 Å². The molecule has 0 atom stereocenters. The molecule has 106 valence electrons. The van der Waals surface area contributed by atoms with Gasteiger partial charge < -0.3 is 14.7 Å². The number of hydrogen-bond acceptors (Lipinski definition) is 4. The number of likely N-dealkylation sites (N-methyl/N-ethyl adjacent to an activating group) is 1. The van der Waals surface area contributed by atoms with Gasteiger partial charge in [-0.2, -0.15) is 0 Å². The second-order valence-electron chi connectivity index (χ2n) is 4.60. The molecule has 2 aliphatic rings. The summed E-state index contributed by atoms with van der Waals surface area (Å²) in [6.45, 7) is 10.7. The summed E-state index contributed by atoms with van der Waals surface area (Å²) < 4.78 is 0. The van der Waals surface area contributed by atoms with Crippen molar-refractivity contribution in [1.82, 2.24) is 19.7 Å². The Labute approximate surface area is 110 Å². The van der Waals surface area contributed by atoms with E-state index in [9.17, 15) is 4.79 Å². The minimum absolute atomic E-state index is 0.182. The Morgan fingerprint density at radius 2 is 1.22 bits per heavy atom. The normalized spacial score (nSPS) is 22.4. The topological polar surface area (TPSA) is 56.0 Å². The Morgan fingerprint density at radius 3 is 1.67 bits per heavy atom. The molecule has 0 aliphatic carbocycles. The van der Waals surface area contributed by atoms with Gasteiger partial charge in [0, 0.05) is 52.4 Å². The lowest BCUT2D eigenvalue weighted by Crippen LogP contribution is -2.57. The van der Waals surface area contributed by atoms with E-state index in [0.29, 0.717) is 0 Å². The van der Waals surface area contributed by atoms with E-state index in [0.717, 1.165) is 52.4 Å². The number of carbonyl (C=O) groups excluding carboxylic acids is 1. The van der Waals surface area contributed by atoms with E-state index in [1.54, 1.807) is 5.01 Å². The molecule has 18 heavy (non-hydrogen) atoms. The standard InChI is InChI=1S/C10H21N5O.C2H6/c1-12-2-4-13(5-3-12)10(16)14-6-8-15(11)9-7-14;1-2/h2-9,11H2,1H3;1-2H3. The fourth-order valence-electron chi connectivity index (χ4n) is 2.11. The molecule has 2 aliphatic heterocycles. The molecule has 0 saturated carbocycles. The molecule has 0 spiro atoms. The van der Waals surface area contributed by atoms with Crippen molar-refractivity contribution in [3.05, 3.63) is 0 Å². The van der Waals surface area contributed by atoms with Crippen LogP contribution in [-0.2, 0) is 0 Å². The van der Waals surface area contributed by atoms with Crippen LogP contribution in [0.4, 0.5) is 4.79 Å². The highest BCUT2D eigenvalue weighted by atomic mass is 16.2. The Morgan fingerprint density at radius 1 is 0.833 bits per heavy atom. The van der Waals surface area contributed by atoms with Crippen LogP contribution in [0.15, 0.2) is 0 Å². The van der Waals surface area contributed by atoms with Crippen molar-refractivity contribution in [3.8, 4) is 0 Å². The summed E-state index contributed by atoms with van der Waals surface area (Å²) in [5.41, 5.74) is 0. The molecule has 6 nitrogen and oxygen atoms in total. The van der Waals surface area contributed by atoms with Crippen LogP contribution in [0.1, 0.15) is 13.8 Å². The van der Waals surface area contributed by atoms with Gasteiger partial charge in [0.05, 0.1) is 0 Å². The first kappa shape index (κ1) is 15.2. The average molecular weight is 257 g/mol. The molecular formula is C12H27N5O. The summed E-state index contributed by atoms with van der Waals surface area (Å²) in [6, 6.07) is 0.182. The predicted octanol–water partition coefficient (Wildman–Crippen LogP) is -0.129. The third kappa shape index (κ3) is 4.12. The maximum atomic E-state index is 12.1. The van der Waals surface area contributed by atoms with Crippen LogP contribution >= 0.6 is 0 Å². The lowest BCUT2D eigenvalue weighted by atomic mass is 10.3. The molecule has 2 fully saturated rings. The third-order valence-corrected chi connectivity index (χ3v) is 3.36. The van der Waals surface area contributed by atoms with E-state index in [2.05, 4.69) is 11.9 Å². The summed E-state index contributed by atoms with van der Waals surface area (Å²) in [4.78, 5) is 18.3. The van der Waals surface area contributed by atoms with Crippen LogP contribution in [0.25, 0.3) is 0 Å². The fourth-order valence-corrected chi connectivity index (χ4v) is 2.11. The smallest absolute Gasteiger partial charge is 0.320 e. The molecule has 0 aromatic rings. The van der Waals surface area contributed by atoms with Gasteiger partial charge in [0.1, 0.15) is 0 Å². The minimum Gasteiger partial charge on any atom is -0.322 e. The van der Waals surface area contributed by atoms with E-state index in [1.807, 2.05) is 23.6 Å².